The number of hydrogen-bond acceptors (Lipinski definition) is 1. The lowest BCUT2D eigenvalue weighted by Crippen LogP contribution is -1.98. The average Bonchev–Trinajstić information content (AvgIpc) is 2.58. The average molecular weight is 209 g/mol. The second-order valence-corrected chi connectivity index (χ2v) is 4.19. The van der Waals surface area contributed by atoms with Crippen LogP contribution in [0.3, 0.4) is 0 Å². The molecule has 3 nitrogen and oxygen atoms in total. The molecule has 0 bridgehead atoms. The van der Waals surface area contributed by atoms with E-state index in [1.54, 1.807) is 0 Å². The molecule has 1 unspecified atom stereocenters. The van der Waals surface area contributed by atoms with Gasteiger partial charge in [0, 0.05) is 17.1 Å². The molecule has 4 heteroatoms. The maximum Gasteiger partial charge on any atom is 0.153 e. The van der Waals surface area contributed by atoms with Gasteiger partial charge in [0.05, 0.1) is 5.75 Å². The summed E-state index contributed by atoms with van der Waals surface area (Å²) in [6.07, 6.45) is 2.53. The first-order chi connectivity index (χ1) is 6.77. The van der Waals surface area contributed by atoms with E-state index in [-0.39, 0.29) is 0 Å². The van der Waals surface area contributed by atoms with Gasteiger partial charge in [-0.05, 0) is 18.1 Å². The van der Waals surface area contributed by atoms with Crippen LogP contribution in [0.2, 0.25) is 0 Å². The van der Waals surface area contributed by atoms with Crippen LogP contribution >= 0.6 is 0 Å². The van der Waals surface area contributed by atoms with E-state index in [0.717, 1.165) is 16.5 Å². The molecule has 2 N–H and O–H groups in total. The van der Waals surface area contributed by atoms with E-state index in [2.05, 4.69) is 4.98 Å². The van der Waals surface area contributed by atoms with Crippen molar-refractivity contribution in [3.05, 3.63) is 36.0 Å². The molecule has 74 valence electrons. The van der Waals surface area contributed by atoms with Gasteiger partial charge in [-0.3, -0.25) is 0 Å². The molecule has 2 aromatic rings. The number of nitrogens with one attached hydrogen (secondary N) is 1. The number of aromatic nitrogens is 1. The first-order valence-corrected chi connectivity index (χ1v) is 5.67. The molecule has 1 aromatic carbocycles. The molecule has 0 radical (unpaired) electrons. The van der Waals surface area contributed by atoms with E-state index in [1.807, 2.05) is 30.5 Å². The molecule has 0 fully saturated rings. The molecule has 0 aliphatic rings. The van der Waals surface area contributed by atoms with E-state index < -0.39 is 11.1 Å². The van der Waals surface area contributed by atoms with Gasteiger partial charge < -0.3 is 9.54 Å². The van der Waals surface area contributed by atoms with Crippen molar-refractivity contribution >= 4 is 22.0 Å². The Bertz CT molecular complexity index is 464. The summed E-state index contributed by atoms with van der Waals surface area (Å²) in [5, 5.41) is 1.14. The second-order valence-electron chi connectivity index (χ2n) is 3.14. The number of hydrogen-bond donors (Lipinski definition) is 2. The maximum atomic E-state index is 10.5. The first-order valence-electron chi connectivity index (χ1n) is 4.40. The molecule has 0 spiro atoms. The number of benzene rings is 1. The molecule has 2 rings (SSSR count). The van der Waals surface area contributed by atoms with Crippen LogP contribution < -0.4 is 0 Å². The van der Waals surface area contributed by atoms with E-state index in [0.29, 0.717) is 12.2 Å². The third-order valence-corrected chi connectivity index (χ3v) is 2.77. The van der Waals surface area contributed by atoms with E-state index in [1.165, 1.54) is 0 Å². The first kappa shape index (κ1) is 9.43. The quantitative estimate of drug-likeness (QED) is 0.759. The molecular weight excluding hydrogens is 198 g/mol. The number of para-hydroxylation sites is 1. The highest BCUT2D eigenvalue weighted by Gasteiger charge is 2.03. The minimum absolute atomic E-state index is 0.293. The van der Waals surface area contributed by atoms with E-state index in [9.17, 15) is 4.21 Å². The van der Waals surface area contributed by atoms with Crippen molar-refractivity contribution in [2.24, 2.45) is 0 Å². The Kier molecular flexibility index (Phi) is 2.65. The Morgan fingerprint density at radius 2 is 2.14 bits per heavy atom. The van der Waals surface area contributed by atoms with Gasteiger partial charge in [-0.2, -0.15) is 0 Å². The summed E-state index contributed by atoms with van der Waals surface area (Å²) in [6.45, 7) is 0. The zero-order valence-electron chi connectivity index (χ0n) is 7.56. The summed E-state index contributed by atoms with van der Waals surface area (Å²) in [6, 6.07) is 7.94. The van der Waals surface area contributed by atoms with Crippen molar-refractivity contribution in [1.82, 2.24) is 4.98 Å². The molecule has 0 amide bonds. The van der Waals surface area contributed by atoms with Gasteiger partial charge >= 0.3 is 0 Å². The molecule has 1 heterocycles. The zero-order valence-corrected chi connectivity index (χ0v) is 8.38. The van der Waals surface area contributed by atoms with Gasteiger partial charge in [-0.15, -0.1) is 0 Å². The van der Waals surface area contributed by atoms with Crippen molar-refractivity contribution in [2.75, 3.05) is 5.75 Å². The molecule has 0 aliphatic carbocycles. The Morgan fingerprint density at radius 3 is 2.93 bits per heavy atom. The lowest BCUT2D eigenvalue weighted by molar-refractivity contribution is 0.564. The van der Waals surface area contributed by atoms with Crippen molar-refractivity contribution in [3.63, 3.8) is 0 Å². The molecule has 0 saturated carbocycles. The van der Waals surface area contributed by atoms with Crippen LogP contribution in [0.25, 0.3) is 10.9 Å². The topological polar surface area (TPSA) is 53.1 Å². The highest BCUT2D eigenvalue weighted by molar-refractivity contribution is 7.79. The van der Waals surface area contributed by atoms with Crippen LogP contribution in [-0.4, -0.2) is 19.5 Å². The van der Waals surface area contributed by atoms with Crippen LogP contribution in [0, 0.1) is 0 Å². The molecule has 0 aliphatic heterocycles. The van der Waals surface area contributed by atoms with Crippen LogP contribution in [0.1, 0.15) is 5.56 Å². The summed E-state index contributed by atoms with van der Waals surface area (Å²) < 4.78 is 19.2. The normalized spacial score (nSPS) is 13.2. The Hall–Kier alpha value is -1.13. The van der Waals surface area contributed by atoms with Crippen molar-refractivity contribution < 1.29 is 8.76 Å². The minimum atomic E-state index is -1.71. The predicted octanol–water partition coefficient (Wildman–Crippen LogP) is 1.93. The van der Waals surface area contributed by atoms with Gasteiger partial charge in [0.25, 0.3) is 0 Å². The molecule has 1 aromatic heterocycles. The minimum Gasteiger partial charge on any atom is -0.361 e. The standard InChI is InChI=1S/C10H11NO2S/c12-14(13)6-5-8-7-11-10-4-2-1-3-9(8)10/h1-4,7,11H,5-6H2,(H,12,13). The van der Waals surface area contributed by atoms with Gasteiger partial charge in [0.1, 0.15) is 0 Å². The molecular formula is C10H11NO2S. The molecule has 1 atom stereocenters. The fourth-order valence-electron chi connectivity index (χ4n) is 1.54. The van der Waals surface area contributed by atoms with Gasteiger partial charge in [-0.25, -0.2) is 4.21 Å². The maximum absolute atomic E-state index is 10.5. The summed E-state index contributed by atoms with van der Waals surface area (Å²) in [7, 11) is 0. The van der Waals surface area contributed by atoms with Gasteiger partial charge in [0.15, 0.2) is 11.1 Å². The smallest absolute Gasteiger partial charge is 0.153 e. The Balaban J connectivity index is 2.29. The van der Waals surface area contributed by atoms with Gasteiger partial charge in [0.2, 0.25) is 0 Å². The molecule has 14 heavy (non-hydrogen) atoms. The van der Waals surface area contributed by atoms with Crippen LogP contribution in [0.5, 0.6) is 0 Å². The number of H-pyrrole nitrogens is 1. The summed E-state index contributed by atoms with van der Waals surface area (Å²) in [5.41, 5.74) is 2.18. The Labute approximate surface area is 84.4 Å². The van der Waals surface area contributed by atoms with Crippen LogP contribution in [-0.2, 0) is 17.5 Å². The fraction of sp³-hybridized carbons (Fsp3) is 0.200. The van der Waals surface area contributed by atoms with Crippen molar-refractivity contribution in [3.8, 4) is 0 Å². The number of aryl methyl sites for hydroxylation is 1. The largest absolute Gasteiger partial charge is 0.361 e. The monoisotopic (exact) mass is 209 g/mol. The summed E-state index contributed by atoms with van der Waals surface area (Å²) in [5.74, 6) is 0.293. The lowest BCUT2D eigenvalue weighted by Gasteiger charge is -1.95. The predicted molar refractivity (Wildman–Crippen MR) is 57.6 cm³/mol. The van der Waals surface area contributed by atoms with Crippen LogP contribution in [0.4, 0.5) is 0 Å². The summed E-state index contributed by atoms with van der Waals surface area (Å²) >= 11 is -1.71. The van der Waals surface area contributed by atoms with Gasteiger partial charge in [-0.1, -0.05) is 18.2 Å². The number of rotatable bonds is 3. The number of aromatic amines is 1. The van der Waals surface area contributed by atoms with Crippen molar-refractivity contribution in [1.29, 1.82) is 0 Å². The Morgan fingerprint density at radius 1 is 1.36 bits per heavy atom. The van der Waals surface area contributed by atoms with E-state index in [4.69, 9.17) is 4.55 Å². The second kappa shape index (κ2) is 3.94. The third-order valence-electron chi connectivity index (χ3n) is 2.22. The van der Waals surface area contributed by atoms with Crippen LogP contribution in [0.15, 0.2) is 30.5 Å². The highest BCUT2D eigenvalue weighted by Crippen LogP contribution is 2.17. The highest BCUT2D eigenvalue weighted by atomic mass is 32.2. The lowest BCUT2D eigenvalue weighted by atomic mass is 10.1. The van der Waals surface area contributed by atoms with E-state index >= 15 is 0 Å². The fourth-order valence-corrected chi connectivity index (χ4v) is 1.93. The SMILES string of the molecule is O=S(O)CCc1c[nH]c2ccccc12. The summed E-state index contributed by atoms with van der Waals surface area (Å²) in [4.78, 5) is 3.13. The third kappa shape index (κ3) is 1.86. The molecule has 0 saturated heterocycles. The number of fused-ring (bicyclic) bond motifs is 1. The van der Waals surface area contributed by atoms with Crippen molar-refractivity contribution in [2.45, 2.75) is 6.42 Å². The zero-order chi connectivity index (χ0) is 9.97.